The molecule has 1 saturated heterocycles. The van der Waals surface area contributed by atoms with Crippen molar-refractivity contribution in [2.75, 3.05) is 39.4 Å². The number of hydrogen-bond acceptors (Lipinski definition) is 8. The van der Waals surface area contributed by atoms with E-state index in [1.54, 1.807) is 35.2 Å². The van der Waals surface area contributed by atoms with Crippen LogP contribution in [0.5, 0.6) is 11.5 Å². The van der Waals surface area contributed by atoms with Gasteiger partial charge in [0.05, 0.1) is 18.1 Å². The topological polar surface area (TPSA) is 115 Å². The molecule has 0 aliphatic carbocycles. The average molecular weight is 487 g/mol. The minimum absolute atomic E-state index is 0.135. The van der Waals surface area contributed by atoms with E-state index in [1.165, 1.54) is 22.8 Å². The van der Waals surface area contributed by atoms with Crippen LogP contribution >= 0.6 is 0 Å². The number of benzene rings is 2. The Bertz CT molecular complexity index is 1220. The highest BCUT2D eigenvalue weighted by molar-refractivity contribution is 7.89. The number of sulfonamides is 1. The first-order valence-corrected chi connectivity index (χ1v) is 12.4. The van der Waals surface area contributed by atoms with E-state index in [-0.39, 0.29) is 23.9 Å². The van der Waals surface area contributed by atoms with Crippen molar-refractivity contribution in [2.24, 2.45) is 0 Å². The second-order valence-corrected chi connectivity index (χ2v) is 9.43. The van der Waals surface area contributed by atoms with E-state index >= 15 is 0 Å². The Morgan fingerprint density at radius 1 is 0.971 bits per heavy atom. The minimum atomic E-state index is -3.74. The lowest BCUT2D eigenvalue weighted by molar-refractivity contribution is 0.0698. The molecular formula is C23H26N4O6S. The number of piperazine rings is 1. The van der Waals surface area contributed by atoms with Gasteiger partial charge in [0.25, 0.3) is 5.91 Å². The van der Waals surface area contributed by atoms with Crippen LogP contribution in [0.1, 0.15) is 24.2 Å². The van der Waals surface area contributed by atoms with Gasteiger partial charge in [0.2, 0.25) is 22.3 Å². The number of hydrogen-bond donors (Lipinski definition) is 0. The van der Waals surface area contributed by atoms with Crippen LogP contribution in [0.25, 0.3) is 11.5 Å². The average Bonchev–Trinajstić information content (AvgIpc) is 3.40. The summed E-state index contributed by atoms with van der Waals surface area (Å²) >= 11 is 0. The molecule has 2 aromatic carbocycles. The molecule has 2 heterocycles. The minimum Gasteiger partial charge on any atom is -0.490 e. The Hall–Kier alpha value is -3.44. The van der Waals surface area contributed by atoms with Crippen LogP contribution in [0.3, 0.4) is 0 Å². The van der Waals surface area contributed by atoms with Gasteiger partial charge in [0.15, 0.2) is 11.5 Å². The second kappa shape index (κ2) is 10.2. The van der Waals surface area contributed by atoms with Crippen LogP contribution in [-0.2, 0) is 10.0 Å². The summed E-state index contributed by atoms with van der Waals surface area (Å²) in [5, 5.41) is 7.49. The zero-order valence-electron chi connectivity index (χ0n) is 19.0. The molecule has 1 aliphatic heterocycles. The summed E-state index contributed by atoms with van der Waals surface area (Å²) in [5.41, 5.74) is 1.22. The molecule has 0 N–H and O–H groups in total. The van der Waals surface area contributed by atoms with E-state index in [1.807, 2.05) is 13.8 Å². The van der Waals surface area contributed by atoms with Crippen molar-refractivity contribution < 1.29 is 27.1 Å². The van der Waals surface area contributed by atoms with Gasteiger partial charge in [-0.1, -0.05) is 0 Å². The van der Waals surface area contributed by atoms with Gasteiger partial charge in [-0.05, 0) is 50.2 Å². The van der Waals surface area contributed by atoms with Crippen LogP contribution in [-0.4, -0.2) is 73.1 Å². The van der Waals surface area contributed by atoms with Crippen LogP contribution in [0.2, 0.25) is 0 Å². The highest BCUT2D eigenvalue weighted by atomic mass is 32.2. The zero-order valence-corrected chi connectivity index (χ0v) is 19.8. The summed E-state index contributed by atoms with van der Waals surface area (Å²) in [6.07, 6.45) is 1.24. The van der Waals surface area contributed by atoms with Crippen molar-refractivity contribution in [1.82, 2.24) is 19.4 Å². The lowest BCUT2D eigenvalue weighted by Crippen LogP contribution is -2.50. The van der Waals surface area contributed by atoms with Crippen LogP contribution in [0.4, 0.5) is 0 Å². The van der Waals surface area contributed by atoms with Crippen molar-refractivity contribution in [3.63, 3.8) is 0 Å². The summed E-state index contributed by atoms with van der Waals surface area (Å²) in [5.74, 6) is 1.11. The van der Waals surface area contributed by atoms with E-state index < -0.39 is 10.0 Å². The summed E-state index contributed by atoms with van der Waals surface area (Å²) in [7, 11) is -3.74. The highest BCUT2D eigenvalue weighted by Crippen LogP contribution is 2.31. The third-order valence-corrected chi connectivity index (χ3v) is 7.31. The molecule has 0 unspecified atom stereocenters. The molecule has 1 amide bonds. The number of carbonyl (C=O) groups is 1. The fraction of sp³-hybridized carbons (Fsp3) is 0.348. The number of nitrogens with zero attached hydrogens (tertiary/aromatic N) is 4. The highest BCUT2D eigenvalue weighted by Gasteiger charge is 2.31. The third-order valence-electron chi connectivity index (χ3n) is 5.42. The summed E-state index contributed by atoms with van der Waals surface area (Å²) in [6, 6.07) is 11.5. The predicted octanol–water partition coefficient (Wildman–Crippen LogP) is 2.68. The van der Waals surface area contributed by atoms with E-state index in [4.69, 9.17) is 13.9 Å². The second-order valence-electron chi connectivity index (χ2n) is 7.49. The third kappa shape index (κ3) is 4.90. The molecule has 0 atom stereocenters. The SMILES string of the molecule is CCOc1ccc(S(=O)(=O)N2CCN(C(=O)c3ccc(-c4nnco4)cc3)CC2)cc1OCC. The standard InChI is InChI=1S/C23H26N4O6S/c1-3-31-20-10-9-19(15-21(20)32-4-2)34(29,30)27-13-11-26(12-14-27)23(28)18-7-5-17(6-8-18)22-25-24-16-33-22/h5-10,15-16H,3-4,11-14H2,1-2H3. The summed E-state index contributed by atoms with van der Waals surface area (Å²) in [4.78, 5) is 14.7. The van der Waals surface area contributed by atoms with Gasteiger partial charge >= 0.3 is 0 Å². The number of aromatic nitrogens is 2. The number of rotatable bonds is 8. The van der Waals surface area contributed by atoms with Gasteiger partial charge in [-0.25, -0.2) is 8.42 Å². The van der Waals surface area contributed by atoms with Gasteiger partial charge in [0, 0.05) is 43.4 Å². The summed E-state index contributed by atoms with van der Waals surface area (Å²) < 4.78 is 44.1. The monoisotopic (exact) mass is 486 g/mol. The van der Waals surface area contributed by atoms with Crippen molar-refractivity contribution in [3.05, 3.63) is 54.4 Å². The largest absolute Gasteiger partial charge is 0.490 e. The molecule has 11 heteroatoms. The molecule has 1 fully saturated rings. The van der Waals surface area contributed by atoms with Crippen LogP contribution in [0.15, 0.2) is 58.2 Å². The maximum absolute atomic E-state index is 13.2. The smallest absolute Gasteiger partial charge is 0.253 e. The van der Waals surface area contributed by atoms with Crippen molar-refractivity contribution in [3.8, 4) is 23.0 Å². The molecule has 0 bridgehead atoms. The van der Waals surface area contributed by atoms with Gasteiger partial charge in [-0.15, -0.1) is 10.2 Å². The molecule has 4 rings (SSSR count). The van der Waals surface area contributed by atoms with E-state index in [0.717, 1.165) is 0 Å². The molecule has 1 aliphatic rings. The van der Waals surface area contributed by atoms with E-state index in [9.17, 15) is 13.2 Å². The van der Waals surface area contributed by atoms with E-state index in [2.05, 4.69) is 10.2 Å². The molecule has 3 aromatic rings. The lowest BCUT2D eigenvalue weighted by Gasteiger charge is -2.34. The maximum atomic E-state index is 13.2. The Labute approximate surface area is 198 Å². The Morgan fingerprint density at radius 2 is 1.65 bits per heavy atom. The molecule has 180 valence electrons. The molecule has 1 aromatic heterocycles. The zero-order chi connectivity index (χ0) is 24.1. The number of carbonyl (C=O) groups excluding carboxylic acids is 1. The number of ether oxygens (including phenoxy) is 2. The van der Waals surface area contributed by atoms with Gasteiger partial charge < -0.3 is 18.8 Å². The normalized spacial score (nSPS) is 14.7. The molecule has 0 radical (unpaired) electrons. The van der Waals surface area contributed by atoms with Gasteiger partial charge in [-0.3, -0.25) is 4.79 Å². The quantitative estimate of drug-likeness (QED) is 0.477. The first-order chi connectivity index (χ1) is 16.4. The molecular weight excluding hydrogens is 460 g/mol. The Morgan fingerprint density at radius 3 is 2.26 bits per heavy atom. The van der Waals surface area contributed by atoms with Crippen LogP contribution in [0, 0.1) is 0 Å². The lowest BCUT2D eigenvalue weighted by atomic mass is 10.1. The fourth-order valence-electron chi connectivity index (χ4n) is 3.71. The Kier molecular flexibility index (Phi) is 7.13. The van der Waals surface area contributed by atoms with Crippen molar-refractivity contribution in [2.45, 2.75) is 18.7 Å². The van der Waals surface area contributed by atoms with Crippen molar-refractivity contribution >= 4 is 15.9 Å². The first-order valence-electron chi connectivity index (χ1n) is 11.0. The van der Waals surface area contributed by atoms with Gasteiger partial charge in [-0.2, -0.15) is 4.31 Å². The molecule has 34 heavy (non-hydrogen) atoms. The molecule has 0 spiro atoms. The van der Waals surface area contributed by atoms with E-state index in [0.29, 0.717) is 54.8 Å². The Balaban J connectivity index is 1.42. The van der Waals surface area contributed by atoms with Gasteiger partial charge in [0.1, 0.15) is 0 Å². The summed E-state index contributed by atoms with van der Waals surface area (Å²) in [6.45, 7) is 5.49. The predicted molar refractivity (Wildman–Crippen MR) is 123 cm³/mol. The van der Waals surface area contributed by atoms with Crippen LogP contribution < -0.4 is 9.47 Å². The molecule has 10 nitrogen and oxygen atoms in total. The maximum Gasteiger partial charge on any atom is 0.253 e. The fourth-order valence-corrected chi connectivity index (χ4v) is 5.15. The number of amides is 1. The van der Waals surface area contributed by atoms with Crippen molar-refractivity contribution in [1.29, 1.82) is 0 Å². The molecule has 0 saturated carbocycles. The first kappa shape index (κ1) is 23.7.